The van der Waals surface area contributed by atoms with Gasteiger partial charge in [-0.1, -0.05) is 11.6 Å². The number of nitrogens with one attached hydrogen (secondary N) is 1. The van der Waals surface area contributed by atoms with Crippen molar-refractivity contribution in [1.82, 2.24) is 10.2 Å². The maximum atomic E-state index is 6.20. The molecule has 2 unspecified atom stereocenters. The Kier molecular flexibility index (Phi) is 3.34. The third-order valence-corrected chi connectivity index (χ3v) is 6.49. The molecule has 3 fully saturated rings. The smallest absolute Gasteiger partial charge is 0.0934 e. The number of hydrogen-bond acceptors (Lipinski definition) is 3. The quantitative estimate of drug-likeness (QED) is 0.899. The maximum absolute atomic E-state index is 6.20. The van der Waals surface area contributed by atoms with Gasteiger partial charge in [0.15, 0.2) is 0 Å². The Bertz CT molecular complexity index is 465. The number of fused-ring (bicyclic) bond motifs is 4. The molecule has 0 radical (unpaired) electrons. The SMILES string of the molecule is Clc1cc2c(s1)CCCC2NC1CN2CCC1CC2. The second-order valence-corrected chi connectivity index (χ2v) is 8.05. The molecule has 3 aliphatic heterocycles. The summed E-state index contributed by atoms with van der Waals surface area (Å²) < 4.78 is 0.965. The first-order valence-corrected chi connectivity index (χ1v) is 8.75. The van der Waals surface area contributed by atoms with Gasteiger partial charge in [-0.15, -0.1) is 11.3 Å². The Morgan fingerprint density at radius 3 is 2.84 bits per heavy atom. The lowest BCUT2D eigenvalue weighted by atomic mass is 9.82. The van der Waals surface area contributed by atoms with E-state index in [2.05, 4.69) is 16.3 Å². The van der Waals surface area contributed by atoms with Gasteiger partial charge in [0.1, 0.15) is 0 Å². The van der Waals surface area contributed by atoms with Crippen LogP contribution in [0.4, 0.5) is 0 Å². The van der Waals surface area contributed by atoms with E-state index in [0.29, 0.717) is 12.1 Å². The van der Waals surface area contributed by atoms with Gasteiger partial charge in [-0.3, -0.25) is 0 Å². The average Bonchev–Trinajstić information content (AvgIpc) is 2.82. The van der Waals surface area contributed by atoms with Crippen LogP contribution < -0.4 is 5.32 Å². The summed E-state index contributed by atoms with van der Waals surface area (Å²) in [6.07, 6.45) is 6.60. The summed E-state index contributed by atoms with van der Waals surface area (Å²) >= 11 is 7.99. The molecule has 1 aliphatic carbocycles. The third kappa shape index (κ3) is 2.35. The van der Waals surface area contributed by atoms with Crippen molar-refractivity contribution in [2.24, 2.45) is 5.92 Å². The van der Waals surface area contributed by atoms with Crippen LogP contribution in [0.5, 0.6) is 0 Å². The zero-order valence-electron chi connectivity index (χ0n) is 11.2. The van der Waals surface area contributed by atoms with Crippen LogP contribution in [0.25, 0.3) is 0 Å². The molecule has 3 saturated heterocycles. The highest BCUT2D eigenvalue weighted by Gasteiger charge is 2.36. The fourth-order valence-electron chi connectivity index (χ4n) is 4.11. The lowest BCUT2D eigenvalue weighted by Crippen LogP contribution is -2.56. The minimum atomic E-state index is 0.554. The second kappa shape index (κ2) is 5.03. The lowest BCUT2D eigenvalue weighted by Gasteiger charge is -2.46. The van der Waals surface area contributed by atoms with E-state index in [0.717, 1.165) is 10.3 Å². The Morgan fingerprint density at radius 1 is 1.26 bits per heavy atom. The average molecular weight is 297 g/mol. The van der Waals surface area contributed by atoms with Gasteiger partial charge >= 0.3 is 0 Å². The van der Waals surface area contributed by atoms with E-state index in [1.165, 1.54) is 62.2 Å². The van der Waals surface area contributed by atoms with Gasteiger partial charge in [-0.2, -0.15) is 0 Å². The Morgan fingerprint density at radius 2 is 2.11 bits per heavy atom. The molecule has 0 spiro atoms. The van der Waals surface area contributed by atoms with E-state index < -0.39 is 0 Å². The van der Waals surface area contributed by atoms with Crippen LogP contribution in [0.2, 0.25) is 4.34 Å². The van der Waals surface area contributed by atoms with Crippen molar-refractivity contribution in [2.45, 2.75) is 44.2 Å². The highest BCUT2D eigenvalue weighted by atomic mass is 35.5. The number of halogens is 1. The molecule has 1 N–H and O–H groups in total. The molecule has 2 atom stereocenters. The van der Waals surface area contributed by atoms with Crippen LogP contribution in [-0.2, 0) is 6.42 Å². The van der Waals surface area contributed by atoms with Crippen LogP contribution >= 0.6 is 22.9 Å². The molecule has 4 heteroatoms. The molecule has 1 aromatic heterocycles. The van der Waals surface area contributed by atoms with Crippen LogP contribution in [0.15, 0.2) is 6.07 Å². The van der Waals surface area contributed by atoms with Crippen LogP contribution in [0, 0.1) is 5.92 Å². The first-order valence-electron chi connectivity index (χ1n) is 7.56. The molecular weight excluding hydrogens is 276 g/mol. The topological polar surface area (TPSA) is 15.3 Å². The summed E-state index contributed by atoms with van der Waals surface area (Å²) in [4.78, 5) is 4.15. The van der Waals surface area contributed by atoms with Crippen molar-refractivity contribution in [3.63, 3.8) is 0 Å². The third-order valence-electron chi connectivity index (χ3n) is 5.16. The number of aryl methyl sites for hydroxylation is 1. The summed E-state index contributed by atoms with van der Waals surface area (Å²) in [6, 6.07) is 3.47. The number of piperidine rings is 3. The Balaban J connectivity index is 1.51. The van der Waals surface area contributed by atoms with Gasteiger partial charge in [0, 0.05) is 23.5 Å². The van der Waals surface area contributed by atoms with Crippen LogP contribution in [0.1, 0.15) is 42.2 Å². The fourth-order valence-corrected chi connectivity index (χ4v) is 5.49. The van der Waals surface area contributed by atoms with E-state index in [1.54, 1.807) is 11.3 Å². The van der Waals surface area contributed by atoms with E-state index >= 15 is 0 Å². The summed E-state index contributed by atoms with van der Waals surface area (Å²) in [5.41, 5.74) is 1.50. The molecule has 4 aliphatic rings. The van der Waals surface area contributed by atoms with E-state index in [4.69, 9.17) is 11.6 Å². The van der Waals surface area contributed by atoms with Crippen molar-refractivity contribution in [1.29, 1.82) is 0 Å². The summed E-state index contributed by atoms with van der Waals surface area (Å²) in [5, 5.41) is 3.97. The summed E-state index contributed by atoms with van der Waals surface area (Å²) in [6.45, 7) is 3.90. The van der Waals surface area contributed by atoms with E-state index in [-0.39, 0.29) is 0 Å². The number of hydrogen-bond donors (Lipinski definition) is 1. The molecule has 2 bridgehead atoms. The molecule has 5 rings (SSSR count). The normalized spacial score (nSPS) is 37.3. The molecule has 1 aromatic rings. The first-order chi connectivity index (χ1) is 9.29. The molecule has 4 heterocycles. The minimum absolute atomic E-state index is 0.554. The predicted molar refractivity (Wildman–Crippen MR) is 81.1 cm³/mol. The Hall–Kier alpha value is -0.0900. The van der Waals surface area contributed by atoms with Crippen molar-refractivity contribution in [3.8, 4) is 0 Å². The number of thiophene rings is 1. The van der Waals surface area contributed by atoms with Crippen molar-refractivity contribution in [2.75, 3.05) is 19.6 Å². The van der Waals surface area contributed by atoms with Gasteiger partial charge in [0.05, 0.1) is 4.34 Å². The van der Waals surface area contributed by atoms with Gasteiger partial charge in [-0.25, -0.2) is 0 Å². The van der Waals surface area contributed by atoms with Crippen molar-refractivity contribution < 1.29 is 0 Å². The van der Waals surface area contributed by atoms with Gasteiger partial charge in [0.2, 0.25) is 0 Å². The van der Waals surface area contributed by atoms with Crippen LogP contribution in [-0.4, -0.2) is 30.6 Å². The standard InChI is InChI=1S/C15H21ClN2S/c16-15-8-11-12(2-1-3-14(11)19-15)17-13-9-18-6-4-10(13)5-7-18/h8,10,12-13,17H,1-7,9H2. The monoisotopic (exact) mass is 296 g/mol. The molecule has 104 valence electrons. The molecule has 19 heavy (non-hydrogen) atoms. The van der Waals surface area contributed by atoms with Crippen LogP contribution in [0.3, 0.4) is 0 Å². The summed E-state index contributed by atoms with van der Waals surface area (Å²) in [7, 11) is 0. The molecule has 0 saturated carbocycles. The first kappa shape index (κ1) is 12.6. The van der Waals surface area contributed by atoms with Gasteiger partial charge < -0.3 is 10.2 Å². The summed E-state index contributed by atoms with van der Waals surface area (Å²) in [5.74, 6) is 0.907. The molecule has 0 aromatic carbocycles. The minimum Gasteiger partial charge on any atom is -0.306 e. The van der Waals surface area contributed by atoms with Crippen molar-refractivity contribution >= 4 is 22.9 Å². The largest absolute Gasteiger partial charge is 0.306 e. The molecule has 0 amide bonds. The maximum Gasteiger partial charge on any atom is 0.0934 e. The lowest BCUT2D eigenvalue weighted by molar-refractivity contribution is 0.0657. The van der Waals surface area contributed by atoms with E-state index in [9.17, 15) is 0 Å². The predicted octanol–water partition coefficient (Wildman–Crippen LogP) is 3.46. The van der Waals surface area contributed by atoms with E-state index in [1.807, 2.05) is 0 Å². The Labute approximate surface area is 124 Å². The fraction of sp³-hybridized carbons (Fsp3) is 0.733. The second-order valence-electron chi connectivity index (χ2n) is 6.29. The zero-order chi connectivity index (χ0) is 12.8. The molecule has 2 nitrogen and oxygen atoms in total. The zero-order valence-corrected chi connectivity index (χ0v) is 12.8. The molecular formula is C15H21ClN2S. The number of nitrogens with zero attached hydrogens (tertiary/aromatic N) is 1. The van der Waals surface area contributed by atoms with Crippen molar-refractivity contribution in [3.05, 3.63) is 20.8 Å². The highest BCUT2D eigenvalue weighted by molar-refractivity contribution is 7.16. The number of rotatable bonds is 2. The van der Waals surface area contributed by atoms with Gasteiger partial charge in [0.25, 0.3) is 0 Å². The highest BCUT2D eigenvalue weighted by Crippen LogP contribution is 2.39. The van der Waals surface area contributed by atoms with Gasteiger partial charge in [-0.05, 0) is 62.7 Å².